The van der Waals surface area contributed by atoms with Gasteiger partial charge >= 0.3 is 5.97 Å². The first-order valence-corrected chi connectivity index (χ1v) is 31.5. The van der Waals surface area contributed by atoms with Crippen molar-refractivity contribution >= 4 is 19.7 Å². The summed E-state index contributed by atoms with van der Waals surface area (Å²) in [5, 5.41) is 3.00. The van der Waals surface area contributed by atoms with Gasteiger partial charge in [0, 0.05) is 12.8 Å². The maximum absolute atomic E-state index is 13.5. The van der Waals surface area contributed by atoms with Crippen LogP contribution in [0.5, 0.6) is 0 Å². The fourth-order valence-electron chi connectivity index (χ4n) is 8.15. The van der Waals surface area contributed by atoms with Crippen molar-refractivity contribution in [1.82, 2.24) is 5.32 Å². The topological polar surface area (TPSA) is 114 Å². The molecule has 0 aliphatic rings. The Morgan fingerprint density at radius 1 is 0.500 bits per heavy atom. The van der Waals surface area contributed by atoms with Crippen molar-refractivity contribution in [2.75, 3.05) is 40.9 Å². The Morgan fingerprint density at radius 2 is 0.919 bits per heavy atom. The van der Waals surface area contributed by atoms with Gasteiger partial charge in [-0.25, -0.2) is 0 Å². The number of nitrogens with one attached hydrogen (secondary N) is 1. The summed E-state index contributed by atoms with van der Waals surface area (Å²) >= 11 is 0. The highest BCUT2D eigenvalue weighted by Crippen LogP contribution is 2.38. The lowest BCUT2D eigenvalue weighted by atomic mass is 10.0. The normalized spacial score (nSPS) is 14.4. The Balaban J connectivity index is 5.27. The van der Waals surface area contributed by atoms with Gasteiger partial charge in [0.2, 0.25) is 5.91 Å². The van der Waals surface area contributed by atoms with E-state index in [4.69, 9.17) is 13.8 Å². The predicted molar refractivity (Wildman–Crippen MR) is 316 cm³/mol. The summed E-state index contributed by atoms with van der Waals surface area (Å²) in [6, 6.07) is -0.908. The number of likely N-dealkylation sites (N-methyl/N-ethyl adjacent to an activating group) is 1. The molecule has 0 heterocycles. The monoisotopic (exact) mass is 1050 g/mol. The molecule has 0 bridgehead atoms. The second-order valence-corrected chi connectivity index (χ2v) is 22.6. The van der Waals surface area contributed by atoms with Crippen LogP contribution in [-0.2, 0) is 27.9 Å². The number of rotatable bonds is 53. The number of carbonyl (C=O) groups excluding carboxylic acids is 2. The van der Waals surface area contributed by atoms with Gasteiger partial charge in [-0.1, -0.05) is 234 Å². The number of phosphoric acid groups is 1. The number of allylic oxidation sites excluding steroid dienone is 15. The van der Waals surface area contributed by atoms with Gasteiger partial charge < -0.3 is 28.5 Å². The minimum Gasteiger partial charge on any atom is -0.756 e. The summed E-state index contributed by atoms with van der Waals surface area (Å²) < 4.78 is 30.2. The van der Waals surface area contributed by atoms with Crippen LogP contribution in [0.1, 0.15) is 245 Å². The highest BCUT2D eigenvalue weighted by molar-refractivity contribution is 7.45. The summed E-state index contributed by atoms with van der Waals surface area (Å²) in [5.74, 6) is -0.582. The van der Waals surface area contributed by atoms with Crippen LogP contribution in [0.3, 0.4) is 0 Å². The van der Waals surface area contributed by atoms with Gasteiger partial charge in [-0.3, -0.25) is 14.2 Å². The van der Waals surface area contributed by atoms with Crippen LogP contribution in [0.15, 0.2) is 97.2 Å². The third-order valence-corrected chi connectivity index (χ3v) is 13.8. The van der Waals surface area contributed by atoms with Gasteiger partial charge in [0.25, 0.3) is 7.82 Å². The Labute approximate surface area is 456 Å². The first-order chi connectivity index (χ1) is 35.9. The molecule has 0 aromatic heterocycles. The van der Waals surface area contributed by atoms with Crippen LogP contribution in [0, 0.1) is 0 Å². The Morgan fingerprint density at radius 3 is 1.43 bits per heavy atom. The second-order valence-electron chi connectivity index (χ2n) is 21.2. The molecule has 0 saturated heterocycles. The lowest BCUT2D eigenvalue weighted by Crippen LogP contribution is -2.47. The number of carbonyl (C=O) groups is 2. The predicted octanol–water partition coefficient (Wildman–Crippen LogP) is 17.8. The van der Waals surface area contributed by atoms with E-state index in [1.807, 2.05) is 39.4 Å². The fraction of sp³-hybridized carbons (Fsp3) is 0.719. The van der Waals surface area contributed by atoms with Crippen molar-refractivity contribution in [3.63, 3.8) is 0 Å². The summed E-state index contributed by atoms with van der Waals surface area (Å²) in [4.78, 5) is 39.9. The van der Waals surface area contributed by atoms with Gasteiger partial charge in [0.1, 0.15) is 19.3 Å². The maximum atomic E-state index is 13.5. The fourth-order valence-corrected chi connectivity index (χ4v) is 8.87. The van der Waals surface area contributed by atoms with Gasteiger partial charge in [0.15, 0.2) is 0 Å². The number of phosphoric ester groups is 1. The average Bonchev–Trinajstić information content (AvgIpc) is 3.36. The van der Waals surface area contributed by atoms with Crippen LogP contribution >= 0.6 is 7.82 Å². The quantitative estimate of drug-likeness (QED) is 0.0161. The molecule has 0 fully saturated rings. The first kappa shape index (κ1) is 70.9. The average molecular weight is 1050 g/mol. The number of ether oxygens (including phenoxy) is 1. The molecule has 74 heavy (non-hydrogen) atoms. The second kappa shape index (κ2) is 53.3. The van der Waals surface area contributed by atoms with Crippen molar-refractivity contribution in [2.45, 2.75) is 258 Å². The molecule has 9 nitrogen and oxygen atoms in total. The van der Waals surface area contributed by atoms with E-state index in [2.05, 4.69) is 105 Å². The van der Waals surface area contributed by atoms with E-state index in [1.165, 1.54) is 96.3 Å². The number of esters is 1. The largest absolute Gasteiger partial charge is 0.756 e. The molecule has 0 aromatic rings. The van der Waals surface area contributed by atoms with E-state index in [-0.39, 0.29) is 31.3 Å². The van der Waals surface area contributed by atoms with E-state index in [1.54, 1.807) is 0 Å². The zero-order chi connectivity index (χ0) is 54.3. The standard InChI is InChI=1S/C64H113N2O7P/c1-7-10-13-16-19-22-25-28-29-30-31-32-33-34-35-36-37-39-42-45-48-51-54-57-64(68)73-62(55-52-49-46-43-40-27-24-21-18-15-12-9-3)61(60-72-74(69,70)71-59-58-66(4,5)6)65-63(67)56-53-50-47-44-41-38-26-23-20-17-14-11-8-2/h11,14,17,19-20,22-23,26,28-29,31-32,34-35,52,55,61-62H,7-10,12-13,15-16,18,21,24-25,27,30,33,36-51,53-54,56-60H2,1-6H3,(H-,65,67,69,70)/b14-11+,20-17+,22-19-,26-23-,29-28-,32-31-,35-34-,55-52-. The molecule has 10 heteroatoms. The number of unbranched alkanes of at least 4 members (excludes halogenated alkanes) is 25. The Bertz CT molecular complexity index is 1590. The molecule has 0 aliphatic carbocycles. The smallest absolute Gasteiger partial charge is 0.306 e. The molecule has 0 aromatic carbocycles. The molecule has 0 spiro atoms. The van der Waals surface area contributed by atoms with Crippen molar-refractivity contribution in [3.05, 3.63) is 97.2 Å². The molecule has 1 amide bonds. The molecule has 0 saturated carbocycles. The molecule has 426 valence electrons. The van der Waals surface area contributed by atoms with E-state index in [9.17, 15) is 19.0 Å². The summed E-state index contributed by atoms with van der Waals surface area (Å²) in [6.45, 7) is 6.64. The summed E-state index contributed by atoms with van der Waals surface area (Å²) in [6.07, 6.45) is 70.9. The SMILES string of the molecule is CC/C=C/C=C/C=C\CCCCCCCC(=O)NC(COP(=O)([O-])OCC[N+](C)(C)C)C(/C=C\CCCCCCCCCCCC)OC(=O)CCCCCCCCC/C=C\C/C=C\C/C=C\C/C=C\CCCCC. The van der Waals surface area contributed by atoms with Crippen LogP contribution in [-0.4, -0.2) is 69.4 Å². The molecular weight excluding hydrogens is 940 g/mol. The van der Waals surface area contributed by atoms with Gasteiger partial charge in [-0.2, -0.15) is 0 Å². The van der Waals surface area contributed by atoms with Crippen LogP contribution < -0.4 is 10.2 Å². The third-order valence-electron chi connectivity index (χ3n) is 12.8. The van der Waals surface area contributed by atoms with Crippen LogP contribution in [0.25, 0.3) is 0 Å². The lowest BCUT2D eigenvalue weighted by molar-refractivity contribution is -0.870. The minimum atomic E-state index is -4.71. The zero-order valence-corrected chi connectivity index (χ0v) is 49.4. The van der Waals surface area contributed by atoms with Gasteiger partial charge in [-0.15, -0.1) is 0 Å². The molecule has 0 aliphatic heterocycles. The van der Waals surface area contributed by atoms with E-state index < -0.39 is 26.6 Å². The molecule has 0 rings (SSSR count). The number of nitrogens with zero attached hydrogens (tertiary/aromatic N) is 1. The highest BCUT2D eigenvalue weighted by Gasteiger charge is 2.27. The van der Waals surface area contributed by atoms with Gasteiger partial charge in [0.05, 0.1) is 33.8 Å². The van der Waals surface area contributed by atoms with E-state index >= 15 is 0 Å². The third kappa shape index (κ3) is 53.7. The van der Waals surface area contributed by atoms with Crippen LogP contribution in [0.2, 0.25) is 0 Å². The molecule has 3 unspecified atom stereocenters. The zero-order valence-electron chi connectivity index (χ0n) is 48.5. The van der Waals surface area contributed by atoms with Crippen molar-refractivity contribution in [2.24, 2.45) is 0 Å². The molecule has 1 N–H and O–H groups in total. The summed E-state index contributed by atoms with van der Waals surface area (Å²) in [7, 11) is 1.15. The lowest BCUT2D eigenvalue weighted by Gasteiger charge is -2.30. The molecule has 3 atom stereocenters. The Hall–Kier alpha value is -3.07. The van der Waals surface area contributed by atoms with Gasteiger partial charge in [-0.05, 0) is 96.0 Å². The van der Waals surface area contributed by atoms with E-state index in [0.717, 1.165) is 103 Å². The molecular formula is C64H113N2O7P. The van der Waals surface area contributed by atoms with Crippen molar-refractivity contribution < 1.29 is 37.3 Å². The number of quaternary nitrogens is 1. The van der Waals surface area contributed by atoms with Crippen molar-refractivity contribution in [1.29, 1.82) is 0 Å². The maximum Gasteiger partial charge on any atom is 0.306 e. The Kier molecular flexibility index (Phi) is 51.1. The number of amides is 1. The molecule has 0 radical (unpaired) electrons. The number of hydrogen-bond acceptors (Lipinski definition) is 7. The minimum absolute atomic E-state index is 0.0332. The van der Waals surface area contributed by atoms with Crippen LogP contribution in [0.4, 0.5) is 0 Å². The van der Waals surface area contributed by atoms with E-state index in [0.29, 0.717) is 23.9 Å². The first-order valence-electron chi connectivity index (χ1n) is 30.1. The summed E-state index contributed by atoms with van der Waals surface area (Å²) in [5.41, 5.74) is 0. The van der Waals surface area contributed by atoms with Crippen molar-refractivity contribution in [3.8, 4) is 0 Å². The number of hydrogen-bond donors (Lipinski definition) is 1. The highest BCUT2D eigenvalue weighted by atomic mass is 31.2.